The summed E-state index contributed by atoms with van der Waals surface area (Å²) in [6.07, 6.45) is 1.70. The Morgan fingerprint density at radius 1 is 1.26 bits per heavy atom. The van der Waals surface area contributed by atoms with Crippen LogP contribution in [-0.2, 0) is 6.54 Å². The van der Waals surface area contributed by atoms with Gasteiger partial charge in [-0.25, -0.2) is 4.39 Å². The second-order valence-electron chi connectivity index (χ2n) is 5.76. The number of hydrogen-bond donors (Lipinski definition) is 0. The zero-order valence-electron chi connectivity index (χ0n) is 14.1. The molecule has 0 aliphatic heterocycles. The van der Waals surface area contributed by atoms with Crippen molar-refractivity contribution in [3.05, 3.63) is 83.6 Å². The Kier molecular flexibility index (Phi) is 4.52. The maximum atomic E-state index is 13.5. The number of hydrogen-bond acceptors (Lipinski definition) is 4. The number of aromatic nitrogens is 2. The quantitative estimate of drug-likeness (QED) is 0.493. The minimum atomic E-state index is -0.522. The van der Waals surface area contributed by atoms with Crippen molar-refractivity contribution in [1.29, 1.82) is 0 Å². The Labute approximate surface area is 157 Å². The summed E-state index contributed by atoms with van der Waals surface area (Å²) >= 11 is 1.23. The van der Waals surface area contributed by atoms with Gasteiger partial charge >= 0.3 is 5.91 Å². The van der Waals surface area contributed by atoms with E-state index in [2.05, 4.69) is 16.7 Å². The second-order valence-corrected chi connectivity index (χ2v) is 6.76. The van der Waals surface area contributed by atoms with Crippen molar-refractivity contribution in [1.82, 2.24) is 9.72 Å². The predicted octanol–water partition coefficient (Wildman–Crippen LogP) is 4.42. The lowest BCUT2D eigenvalue weighted by Gasteiger charge is -2.00. The van der Waals surface area contributed by atoms with E-state index >= 15 is 0 Å². The van der Waals surface area contributed by atoms with Crippen LogP contribution in [0.25, 0.3) is 21.5 Å². The molecule has 0 aliphatic rings. The third-order valence-corrected chi connectivity index (χ3v) is 4.98. The lowest BCUT2D eigenvalue weighted by molar-refractivity contribution is 0.0989. The van der Waals surface area contributed by atoms with Crippen LogP contribution in [0.5, 0.6) is 0 Å². The number of fused-ring (bicyclic) bond motifs is 1. The molecule has 2 aromatic heterocycles. The van der Waals surface area contributed by atoms with Gasteiger partial charge < -0.3 is 9.09 Å². The van der Waals surface area contributed by atoms with Crippen LogP contribution in [0.3, 0.4) is 0 Å². The number of nitrogens with zero attached hydrogens (tertiary/aromatic N) is 3. The minimum absolute atomic E-state index is 0.114. The highest BCUT2D eigenvalue weighted by Gasteiger charge is 2.14. The Balaban J connectivity index is 1.75. The Morgan fingerprint density at radius 2 is 2.07 bits per heavy atom. The molecule has 0 bridgehead atoms. The topological polar surface area (TPSA) is 60.4 Å². The van der Waals surface area contributed by atoms with Gasteiger partial charge in [0.2, 0.25) is 0 Å². The third-order valence-electron chi connectivity index (χ3n) is 3.94. The maximum absolute atomic E-state index is 13.5. The fourth-order valence-corrected chi connectivity index (χ4v) is 3.76. The molecule has 4 rings (SSSR count). The van der Waals surface area contributed by atoms with E-state index in [-0.39, 0.29) is 11.5 Å². The van der Waals surface area contributed by atoms with Gasteiger partial charge in [-0.05, 0) is 18.2 Å². The van der Waals surface area contributed by atoms with Crippen LogP contribution < -0.4 is 4.80 Å². The van der Waals surface area contributed by atoms with Gasteiger partial charge in [-0.2, -0.15) is 4.99 Å². The molecule has 0 N–H and O–H groups in total. The third kappa shape index (κ3) is 3.37. The van der Waals surface area contributed by atoms with Crippen molar-refractivity contribution >= 4 is 27.5 Å². The summed E-state index contributed by atoms with van der Waals surface area (Å²) in [5, 5.41) is 3.83. The molecule has 1 amide bonds. The van der Waals surface area contributed by atoms with E-state index < -0.39 is 5.91 Å². The molecular weight excluding hydrogens is 365 g/mol. The van der Waals surface area contributed by atoms with E-state index in [0.717, 1.165) is 11.1 Å². The van der Waals surface area contributed by atoms with Crippen molar-refractivity contribution in [3.63, 3.8) is 0 Å². The second kappa shape index (κ2) is 7.13. The number of amides is 1. The lowest BCUT2D eigenvalue weighted by Crippen LogP contribution is -2.16. The molecular formula is C20H14FN3O2S. The summed E-state index contributed by atoms with van der Waals surface area (Å²) in [7, 11) is 0. The largest absolute Gasteiger partial charge is 0.355 e. The van der Waals surface area contributed by atoms with Crippen molar-refractivity contribution in [2.24, 2.45) is 4.99 Å². The summed E-state index contributed by atoms with van der Waals surface area (Å²) in [6.45, 7) is 4.18. The van der Waals surface area contributed by atoms with E-state index in [1.54, 1.807) is 18.2 Å². The van der Waals surface area contributed by atoms with Gasteiger partial charge in [0.1, 0.15) is 5.82 Å². The number of carbonyl (C=O) groups excluding carboxylic acids is 1. The summed E-state index contributed by atoms with van der Waals surface area (Å²) < 4.78 is 21.3. The molecule has 134 valence electrons. The molecule has 4 aromatic rings. The van der Waals surface area contributed by atoms with Crippen LogP contribution in [0.2, 0.25) is 0 Å². The molecule has 0 aliphatic carbocycles. The Hall–Kier alpha value is -3.32. The smallest absolute Gasteiger partial charge is 0.301 e. The van der Waals surface area contributed by atoms with Crippen LogP contribution >= 0.6 is 11.3 Å². The summed E-state index contributed by atoms with van der Waals surface area (Å²) in [4.78, 5) is 17.2. The van der Waals surface area contributed by atoms with Gasteiger partial charge in [0.05, 0.1) is 10.2 Å². The summed E-state index contributed by atoms with van der Waals surface area (Å²) in [6, 6.07) is 15.4. The van der Waals surface area contributed by atoms with Gasteiger partial charge in [-0.1, -0.05) is 52.9 Å². The molecule has 2 aromatic carbocycles. The van der Waals surface area contributed by atoms with Gasteiger partial charge in [0, 0.05) is 18.2 Å². The molecule has 0 spiro atoms. The van der Waals surface area contributed by atoms with Crippen LogP contribution in [-0.4, -0.2) is 15.6 Å². The molecule has 0 saturated carbocycles. The number of carbonyl (C=O) groups is 1. The van der Waals surface area contributed by atoms with Gasteiger partial charge in [0.25, 0.3) is 0 Å². The number of halogens is 1. The van der Waals surface area contributed by atoms with Gasteiger partial charge in [-0.3, -0.25) is 4.79 Å². The molecule has 2 heterocycles. The number of benzene rings is 2. The normalized spacial score (nSPS) is 11.8. The molecule has 0 saturated heterocycles. The predicted molar refractivity (Wildman–Crippen MR) is 102 cm³/mol. The van der Waals surface area contributed by atoms with Gasteiger partial charge in [0.15, 0.2) is 16.3 Å². The molecule has 0 fully saturated rings. The molecule has 27 heavy (non-hydrogen) atoms. The minimum Gasteiger partial charge on any atom is -0.355 e. The molecule has 0 unspecified atom stereocenters. The number of allylic oxidation sites excluding steroid dienone is 1. The molecule has 7 heteroatoms. The average Bonchev–Trinajstić information content (AvgIpc) is 3.28. The van der Waals surface area contributed by atoms with Crippen LogP contribution in [0.4, 0.5) is 4.39 Å². The zero-order chi connectivity index (χ0) is 18.8. The first-order chi connectivity index (χ1) is 13.2. The van der Waals surface area contributed by atoms with Crippen molar-refractivity contribution < 1.29 is 13.7 Å². The maximum Gasteiger partial charge on any atom is 0.301 e. The summed E-state index contributed by atoms with van der Waals surface area (Å²) in [5.74, 6) is -0.367. The van der Waals surface area contributed by atoms with Crippen molar-refractivity contribution in [3.8, 4) is 11.3 Å². The molecule has 0 atom stereocenters. The highest BCUT2D eigenvalue weighted by Crippen LogP contribution is 2.21. The Bertz CT molecular complexity index is 1200. The van der Waals surface area contributed by atoms with Crippen LogP contribution in [0, 0.1) is 5.82 Å². The van der Waals surface area contributed by atoms with E-state index in [9.17, 15) is 9.18 Å². The number of rotatable bonds is 4. The van der Waals surface area contributed by atoms with E-state index in [1.807, 2.05) is 34.9 Å². The van der Waals surface area contributed by atoms with Crippen LogP contribution in [0.1, 0.15) is 10.5 Å². The standard InChI is InChI=1S/C20H14FN3O2S/c1-2-10-24-16-9-8-14(21)11-18(16)27-20(24)22-19(25)15-12-17(26-23-15)13-6-4-3-5-7-13/h2-9,11-12H,1,10H2. The van der Waals surface area contributed by atoms with E-state index in [4.69, 9.17) is 4.52 Å². The monoisotopic (exact) mass is 379 g/mol. The van der Waals surface area contributed by atoms with Crippen LogP contribution in [0.15, 0.2) is 76.8 Å². The van der Waals surface area contributed by atoms with E-state index in [1.165, 1.54) is 23.5 Å². The molecule has 0 radical (unpaired) electrons. The fourth-order valence-electron chi connectivity index (χ4n) is 2.70. The first kappa shape index (κ1) is 17.1. The van der Waals surface area contributed by atoms with Crippen molar-refractivity contribution in [2.45, 2.75) is 6.54 Å². The number of thiazole rings is 1. The summed E-state index contributed by atoms with van der Waals surface area (Å²) in [5.41, 5.74) is 1.73. The first-order valence-electron chi connectivity index (χ1n) is 8.16. The van der Waals surface area contributed by atoms with Crippen molar-refractivity contribution in [2.75, 3.05) is 0 Å². The zero-order valence-corrected chi connectivity index (χ0v) is 14.9. The average molecular weight is 379 g/mol. The fraction of sp³-hybridized carbons (Fsp3) is 0.0500. The molecule has 5 nitrogen and oxygen atoms in total. The highest BCUT2D eigenvalue weighted by molar-refractivity contribution is 7.16. The highest BCUT2D eigenvalue weighted by atomic mass is 32.1. The van der Waals surface area contributed by atoms with Gasteiger partial charge in [-0.15, -0.1) is 6.58 Å². The first-order valence-corrected chi connectivity index (χ1v) is 8.98. The Morgan fingerprint density at radius 3 is 2.85 bits per heavy atom. The lowest BCUT2D eigenvalue weighted by atomic mass is 10.1. The SMILES string of the molecule is C=CCn1c(=NC(=O)c2cc(-c3ccccc3)on2)sc2cc(F)ccc21. The van der Waals surface area contributed by atoms with E-state index in [0.29, 0.717) is 21.8 Å².